The first-order valence-corrected chi connectivity index (χ1v) is 7.59. The molecule has 2 aliphatic rings. The maximum Gasteiger partial charge on any atom is 0.209 e. The summed E-state index contributed by atoms with van der Waals surface area (Å²) in [6, 6.07) is 2.79. The van der Waals surface area contributed by atoms with E-state index in [4.69, 9.17) is 5.26 Å². The fraction of sp³-hybridized carbons (Fsp3) is 0.833. The molecule has 1 aromatic heterocycles. The van der Waals surface area contributed by atoms with Crippen LogP contribution in [0.15, 0.2) is 5.16 Å². The Morgan fingerprint density at radius 3 is 2.83 bits per heavy atom. The van der Waals surface area contributed by atoms with E-state index in [9.17, 15) is 0 Å². The summed E-state index contributed by atoms with van der Waals surface area (Å²) in [5.74, 6) is 0.980. The van der Waals surface area contributed by atoms with Gasteiger partial charge in [0.25, 0.3) is 0 Å². The van der Waals surface area contributed by atoms with E-state index in [1.165, 1.54) is 38.5 Å². The Hall–Kier alpha value is -1.09. The molecule has 0 atom stereocenters. The highest BCUT2D eigenvalue weighted by Crippen LogP contribution is 2.51. The fourth-order valence-electron chi connectivity index (χ4n) is 2.59. The van der Waals surface area contributed by atoms with E-state index in [1.54, 1.807) is 11.8 Å². The number of hydrogen-bond acceptors (Lipinski definition) is 5. The molecule has 1 heterocycles. The van der Waals surface area contributed by atoms with Gasteiger partial charge in [-0.05, 0) is 41.5 Å². The number of nitriles is 1. The molecule has 2 saturated carbocycles. The predicted molar refractivity (Wildman–Crippen MR) is 67.9 cm³/mol. The third-order valence-corrected chi connectivity index (χ3v) is 5.34. The summed E-state index contributed by atoms with van der Waals surface area (Å²) in [6.07, 6.45) is 7.99. The molecular formula is C12H17N5S. The van der Waals surface area contributed by atoms with Crippen LogP contribution < -0.4 is 0 Å². The minimum absolute atomic E-state index is 0.256. The molecule has 5 nitrogen and oxygen atoms in total. The van der Waals surface area contributed by atoms with Crippen molar-refractivity contribution in [2.75, 3.05) is 5.75 Å². The molecular weight excluding hydrogens is 246 g/mol. The molecule has 0 aliphatic heterocycles. The lowest BCUT2D eigenvalue weighted by Gasteiger charge is -2.13. The molecule has 0 spiro atoms. The quantitative estimate of drug-likeness (QED) is 0.764. The maximum absolute atomic E-state index is 8.82. The van der Waals surface area contributed by atoms with Crippen LogP contribution in [-0.4, -0.2) is 26.0 Å². The smallest absolute Gasteiger partial charge is 0.209 e. The first kappa shape index (κ1) is 12.0. The molecule has 0 radical (unpaired) electrons. The Balaban J connectivity index is 1.63. The lowest BCUT2D eigenvalue weighted by Crippen LogP contribution is -2.10. The molecule has 0 saturated heterocycles. The molecule has 0 N–H and O–H groups in total. The van der Waals surface area contributed by atoms with Gasteiger partial charge in [-0.15, -0.1) is 5.10 Å². The van der Waals surface area contributed by atoms with Gasteiger partial charge < -0.3 is 0 Å². The van der Waals surface area contributed by atoms with E-state index >= 15 is 0 Å². The molecule has 3 rings (SSSR count). The number of tetrazole rings is 1. The van der Waals surface area contributed by atoms with Crippen LogP contribution in [0, 0.1) is 16.7 Å². The van der Waals surface area contributed by atoms with Crippen LogP contribution in [0.4, 0.5) is 0 Å². The van der Waals surface area contributed by atoms with Gasteiger partial charge in [-0.2, -0.15) is 5.26 Å². The van der Waals surface area contributed by atoms with Crippen LogP contribution in [-0.2, 0) is 0 Å². The second-order valence-electron chi connectivity index (χ2n) is 5.47. The van der Waals surface area contributed by atoms with Crippen LogP contribution in [0.25, 0.3) is 0 Å². The van der Waals surface area contributed by atoms with E-state index in [-0.39, 0.29) is 5.41 Å². The Morgan fingerprint density at radius 2 is 2.17 bits per heavy atom. The summed E-state index contributed by atoms with van der Waals surface area (Å²) in [4.78, 5) is 0. The first-order chi connectivity index (χ1) is 8.83. The highest BCUT2D eigenvalue weighted by molar-refractivity contribution is 7.99. The Bertz CT molecular complexity index is 453. The van der Waals surface area contributed by atoms with E-state index in [1.807, 2.05) is 4.68 Å². The zero-order valence-electron chi connectivity index (χ0n) is 10.4. The van der Waals surface area contributed by atoms with E-state index < -0.39 is 0 Å². The number of aromatic nitrogens is 4. The minimum atomic E-state index is 0.256. The van der Waals surface area contributed by atoms with Crippen LogP contribution in [0.3, 0.4) is 0 Å². The highest BCUT2D eigenvalue weighted by atomic mass is 32.2. The maximum atomic E-state index is 8.82. The van der Waals surface area contributed by atoms with Gasteiger partial charge in [0.1, 0.15) is 0 Å². The van der Waals surface area contributed by atoms with Crippen molar-refractivity contribution in [2.45, 2.75) is 56.1 Å². The summed E-state index contributed by atoms with van der Waals surface area (Å²) < 4.78 is 2.00. The third kappa shape index (κ3) is 2.37. The molecule has 6 heteroatoms. The third-order valence-electron chi connectivity index (χ3n) is 4.05. The zero-order valence-corrected chi connectivity index (χ0v) is 11.2. The van der Waals surface area contributed by atoms with Crippen molar-refractivity contribution in [2.24, 2.45) is 5.41 Å². The Morgan fingerprint density at radius 1 is 1.39 bits per heavy atom. The van der Waals surface area contributed by atoms with Gasteiger partial charge in [0, 0.05) is 12.2 Å². The molecule has 0 aromatic carbocycles. The summed E-state index contributed by atoms with van der Waals surface area (Å²) >= 11 is 1.73. The summed E-state index contributed by atoms with van der Waals surface area (Å²) in [6.45, 7) is 0. The summed E-state index contributed by atoms with van der Waals surface area (Å²) in [5.41, 5.74) is 0.256. The van der Waals surface area contributed by atoms with Crippen molar-refractivity contribution < 1.29 is 0 Å². The van der Waals surface area contributed by atoms with Gasteiger partial charge in [-0.1, -0.05) is 24.6 Å². The number of thioether (sulfide) groups is 1. The molecule has 0 unspecified atom stereocenters. The molecule has 2 fully saturated rings. The van der Waals surface area contributed by atoms with Crippen molar-refractivity contribution >= 4 is 11.8 Å². The van der Waals surface area contributed by atoms with E-state index in [0.717, 1.165) is 10.9 Å². The van der Waals surface area contributed by atoms with Crippen molar-refractivity contribution in [3.8, 4) is 6.07 Å². The highest BCUT2D eigenvalue weighted by Gasteiger charge is 2.42. The minimum Gasteiger partial charge on any atom is -0.217 e. The number of hydrogen-bond donors (Lipinski definition) is 0. The molecule has 1 aromatic rings. The van der Waals surface area contributed by atoms with Crippen molar-refractivity contribution in [3.05, 3.63) is 0 Å². The molecule has 96 valence electrons. The average Bonchev–Trinajstić information content (AvgIpc) is 2.86. The monoisotopic (exact) mass is 263 g/mol. The molecule has 2 aliphatic carbocycles. The summed E-state index contributed by atoms with van der Waals surface area (Å²) in [7, 11) is 0. The Labute approximate surface area is 111 Å². The fourth-order valence-corrected chi connectivity index (χ4v) is 3.83. The zero-order chi connectivity index (χ0) is 12.4. The second-order valence-corrected chi connectivity index (χ2v) is 6.41. The largest absolute Gasteiger partial charge is 0.217 e. The Kier molecular flexibility index (Phi) is 3.25. The van der Waals surface area contributed by atoms with E-state index in [2.05, 4.69) is 21.6 Å². The van der Waals surface area contributed by atoms with Crippen LogP contribution in [0.2, 0.25) is 0 Å². The van der Waals surface area contributed by atoms with E-state index in [0.29, 0.717) is 12.5 Å². The number of nitrogens with zero attached hydrogens (tertiary/aromatic N) is 5. The van der Waals surface area contributed by atoms with Crippen LogP contribution >= 0.6 is 11.8 Å². The first-order valence-electron chi connectivity index (χ1n) is 6.61. The van der Waals surface area contributed by atoms with Crippen LogP contribution in [0.5, 0.6) is 0 Å². The lowest BCUT2D eigenvalue weighted by molar-refractivity contribution is 0.422. The normalized spacial score (nSPS) is 21.9. The predicted octanol–water partition coefficient (Wildman–Crippen LogP) is 2.57. The molecule has 0 amide bonds. The molecule has 18 heavy (non-hydrogen) atoms. The van der Waals surface area contributed by atoms with Gasteiger partial charge in [0.15, 0.2) is 0 Å². The van der Waals surface area contributed by atoms with Crippen molar-refractivity contribution in [3.63, 3.8) is 0 Å². The number of rotatable bonds is 5. The SMILES string of the molecule is N#CCC1(CSc2nnnn2C2CCCC2)CC1. The van der Waals surface area contributed by atoms with Gasteiger partial charge in [0.2, 0.25) is 5.16 Å². The average molecular weight is 263 g/mol. The van der Waals surface area contributed by atoms with Crippen molar-refractivity contribution in [1.29, 1.82) is 5.26 Å². The standard InChI is InChI=1S/C12H17N5S/c13-8-7-12(5-6-12)9-18-11-14-15-16-17(11)10-3-1-2-4-10/h10H,1-7,9H2. The van der Waals surface area contributed by atoms with Gasteiger partial charge in [0.05, 0.1) is 12.1 Å². The molecule has 0 bridgehead atoms. The summed E-state index contributed by atoms with van der Waals surface area (Å²) in [5, 5.41) is 21.8. The van der Waals surface area contributed by atoms with Crippen molar-refractivity contribution in [1.82, 2.24) is 20.2 Å². The van der Waals surface area contributed by atoms with Gasteiger partial charge in [-0.25, -0.2) is 4.68 Å². The second kappa shape index (κ2) is 4.88. The topological polar surface area (TPSA) is 67.4 Å². The van der Waals surface area contributed by atoms with Gasteiger partial charge in [-0.3, -0.25) is 0 Å². The van der Waals surface area contributed by atoms with Gasteiger partial charge >= 0.3 is 0 Å². The lowest BCUT2D eigenvalue weighted by atomic mass is 10.1. The van der Waals surface area contributed by atoms with Crippen LogP contribution in [0.1, 0.15) is 51.0 Å².